The first-order chi connectivity index (χ1) is 12.3. The summed E-state index contributed by atoms with van der Waals surface area (Å²) in [5.74, 6) is 0.715. The Hall–Kier alpha value is -2.16. The Morgan fingerprint density at radius 2 is 2.12 bits per heavy atom. The highest BCUT2D eigenvalue weighted by molar-refractivity contribution is 7.91. The van der Waals surface area contributed by atoms with Gasteiger partial charge in [0.1, 0.15) is 5.82 Å². The van der Waals surface area contributed by atoms with Crippen LogP contribution in [-0.4, -0.2) is 45.4 Å². The smallest absolute Gasteiger partial charge is 0.226 e. The van der Waals surface area contributed by atoms with Crippen LogP contribution in [-0.2, 0) is 21.2 Å². The van der Waals surface area contributed by atoms with E-state index >= 15 is 0 Å². The topological polar surface area (TPSA) is 98.9 Å². The number of fused-ring (bicyclic) bond motifs is 1. The number of hydrogen-bond acceptors (Lipinski definition) is 5. The number of anilines is 1. The first kappa shape index (κ1) is 17.3. The number of nitrogens with zero attached hydrogens (tertiary/aromatic N) is 4. The van der Waals surface area contributed by atoms with E-state index in [1.807, 2.05) is 31.6 Å². The lowest BCUT2D eigenvalue weighted by Gasteiger charge is -2.25. The van der Waals surface area contributed by atoms with Crippen molar-refractivity contribution in [3.63, 3.8) is 0 Å². The number of rotatable bonds is 3. The minimum absolute atomic E-state index is 0.0758. The summed E-state index contributed by atoms with van der Waals surface area (Å²) in [5, 5.41) is 12.0. The van der Waals surface area contributed by atoms with Crippen molar-refractivity contribution in [3.05, 3.63) is 28.7 Å². The minimum atomic E-state index is -3.03. The van der Waals surface area contributed by atoms with Gasteiger partial charge in [0.2, 0.25) is 5.91 Å². The molecule has 1 saturated heterocycles. The largest absolute Gasteiger partial charge is 0.311 e. The summed E-state index contributed by atoms with van der Waals surface area (Å²) in [4.78, 5) is 12.4. The van der Waals surface area contributed by atoms with Crippen LogP contribution in [0.5, 0.6) is 0 Å². The second-order valence-corrected chi connectivity index (χ2v) is 9.38. The van der Waals surface area contributed by atoms with E-state index in [-0.39, 0.29) is 29.4 Å². The number of sulfone groups is 1. The predicted octanol–water partition coefficient (Wildman–Crippen LogP) is 1.55. The lowest BCUT2D eigenvalue weighted by Crippen LogP contribution is -2.26. The Balaban J connectivity index is 1.81. The Kier molecular flexibility index (Phi) is 3.94. The van der Waals surface area contributed by atoms with E-state index in [1.54, 1.807) is 4.68 Å². The number of hydrogen-bond donors (Lipinski definition) is 1. The molecule has 0 bridgehead atoms. The number of amides is 1. The molecule has 2 aromatic rings. The van der Waals surface area contributed by atoms with Crippen LogP contribution in [0, 0.1) is 13.8 Å². The first-order valence-corrected chi connectivity index (χ1v) is 10.7. The monoisotopic (exact) mass is 377 g/mol. The van der Waals surface area contributed by atoms with Crippen LogP contribution < -0.4 is 5.32 Å². The van der Waals surface area contributed by atoms with Gasteiger partial charge in [-0.1, -0.05) is 0 Å². The molecule has 0 aliphatic carbocycles. The maximum absolute atomic E-state index is 12.4. The summed E-state index contributed by atoms with van der Waals surface area (Å²) < 4.78 is 27.4. The highest BCUT2D eigenvalue weighted by Crippen LogP contribution is 2.42. The molecule has 9 heteroatoms. The third-order valence-corrected chi connectivity index (χ3v) is 7.25. The fourth-order valence-corrected chi connectivity index (χ4v) is 5.88. The van der Waals surface area contributed by atoms with Gasteiger partial charge in [-0.05, 0) is 27.2 Å². The van der Waals surface area contributed by atoms with Gasteiger partial charge in [0.15, 0.2) is 9.84 Å². The van der Waals surface area contributed by atoms with Crippen molar-refractivity contribution in [2.75, 3.05) is 16.8 Å². The van der Waals surface area contributed by atoms with Gasteiger partial charge in [-0.2, -0.15) is 10.2 Å². The summed E-state index contributed by atoms with van der Waals surface area (Å²) >= 11 is 0. The van der Waals surface area contributed by atoms with Gasteiger partial charge in [-0.25, -0.2) is 13.1 Å². The molecule has 4 heterocycles. The zero-order valence-corrected chi connectivity index (χ0v) is 16.0. The zero-order valence-electron chi connectivity index (χ0n) is 15.2. The average molecular weight is 377 g/mol. The number of aryl methyl sites for hydroxylation is 2. The Morgan fingerprint density at radius 1 is 1.35 bits per heavy atom. The fraction of sp³-hybridized carbons (Fsp3) is 0.588. The summed E-state index contributed by atoms with van der Waals surface area (Å²) in [7, 11) is -3.03. The molecule has 140 valence electrons. The van der Waals surface area contributed by atoms with Crippen LogP contribution in [0.25, 0.3) is 0 Å². The maximum Gasteiger partial charge on any atom is 0.226 e. The molecule has 2 aliphatic rings. The summed E-state index contributed by atoms with van der Waals surface area (Å²) in [5.41, 5.74) is 3.89. The molecule has 0 saturated carbocycles. The second-order valence-electron chi connectivity index (χ2n) is 7.16. The van der Waals surface area contributed by atoms with Crippen LogP contribution >= 0.6 is 0 Å². The van der Waals surface area contributed by atoms with Gasteiger partial charge in [0, 0.05) is 35.7 Å². The molecule has 8 nitrogen and oxygen atoms in total. The van der Waals surface area contributed by atoms with Crippen molar-refractivity contribution in [2.24, 2.45) is 0 Å². The van der Waals surface area contributed by atoms with Crippen molar-refractivity contribution in [2.45, 2.75) is 52.1 Å². The second kappa shape index (κ2) is 5.94. The number of nitrogens with one attached hydrogen (secondary N) is 1. The highest BCUT2D eigenvalue weighted by Gasteiger charge is 2.38. The van der Waals surface area contributed by atoms with Crippen molar-refractivity contribution >= 4 is 21.6 Å². The van der Waals surface area contributed by atoms with Crippen LogP contribution in [0.4, 0.5) is 5.82 Å². The third kappa shape index (κ3) is 2.65. The molecular formula is C17H23N5O3S. The summed E-state index contributed by atoms with van der Waals surface area (Å²) in [6.45, 7) is 6.74. The van der Waals surface area contributed by atoms with Gasteiger partial charge >= 0.3 is 0 Å². The van der Waals surface area contributed by atoms with E-state index in [2.05, 4.69) is 15.5 Å². The molecule has 2 aliphatic heterocycles. The maximum atomic E-state index is 12.4. The molecule has 1 amide bonds. The van der Waals surface area contributed by atoms with E-state index in [1.165, 1.54) is 0 Å². The summed E-state index contributed by atoms with van der Waals surface area (Å²) in [6.07, 6.45) is 2.71. The molecule has 0 spiro atoms. The van der Waals surface area contributed by atoms with Gasteiger partial charge in [-0.15, -0.1) is 0 Å². The molecular weight excluding hydrogens is 354 g/mol. The van der Waals surface area contributed by atoms with Gasteiger partial charge < -0.3 is 5.32 Å². The van der Waals surface area contributed by atoms with Gasteiger partial charge in [0.25, 0.3) is 0 Å². The van der Waals surface area contributed by atoms with E-state index in [4.69, 9.17) is 0 Å². The number of carbonyl (C=O) groups excluding carboxylic acids is 1. The Morgan fingerprint density at radius 3 is 2.73 bits per heavy atom. The Bertz CT molecular complexity index is 988. The predicted molar refractivity (Wildman–Crippen MR) is 97.0 cm³/mol. The molecule has 4 rings (SSSR count). The Labute approximate surface area is 152 Å². The normalized spacial score (nSPS) is 24.5. The molecule has 26 heavy (non-hydrogen) atoms. The van der Waals surface area contributed by atoms with Crippen LogP contribution in [0.1, 0.15) is 54.2 Å². The quantitative estimate of drug-likeness (QED) is 0.875. The standard InChI is InChI=1S/C17H23N5O3S/c1-4-21-11(3)14(8-18-21)13-7-15(23)19-17-16(13)10(2)20-22(17)12-5-6-26(24,25)9-12/h8,12-13H,4-7,9H2,1-3H3,(H,19,23). The molecule has 2 unspecified atom stereocenters. The summed E-state index contributed by atoms with van der Waals surface area (Å²) in [6, 6.07) is -0.221. The third-order valence-electron chi connectivity index (χ3n) is 5.50. The highest BCUT2D eigenvalue weighted by atomic mass is 32.2. The fourth-order valence-electron chi connectivity index (χ4n) is 4.19. The van der Waals surface area contributed by atoms with Crippen LogP contribution in [0.15, 0.2) is 6.20 Å². The molecule has 0 radical (unpaired) electrons. The molecule has 0 aromatic carbocycles. The lowest BCUT2D eigenvalue weighted by molar-refractivity contribution is -0.116. The van der Waals surface area contributed by atoms with Crippen molar-refractivity contribution in [1.29, 1.82) is 0 Å². The van der Waals surface area contributed by atoms with Gasteiger partial charge in [-0.3, -0.25) is 9.48 Å². The van der Waals surface area contributed by atoms with Gasteiger partial charge in [0.05, 0.1) is 29.4 Å². The van der Waals surface area contributed by atoms with E-state index in [9.17, 15) is 13.2 Å². The van der Waals surface area contributed by atoms with Crippen molar-refractivity contribution in [3.8, 4) is 0 Å². The average Bonchev–Trinajstić information content (AvgIpc) is 3.22. The van der Waals surface area contributed by atoms with E-state index in [0.29, 0.717) is 18.7 Å². The van der Waals surface area contributed by atoms with Crippen LogP contribution in [0.2, 0.25) is 0 Å². The zero-order chi connectivity index (χ0) is 18.6. The SMILES string of the molecule is CCn1ncc(C2CC(=O)Nc3c2c(C)nn3C2CCS(=O)(=O)C2)c1C. The van der Waals surface area contributed by atoms with Crippen LogP contribution in [0.3, 0.4) is 0 Å². The number of carbonyl (C=O) groups is 1. The molecule has 2 atom stereocenters. The van der Waals surface area contributed by atoms with Crippen molar-refractivity contribution in [1.82, 2.24) is 19.6 Å². The van der Waals surface area contributed by atoms with E-state index in [0.717, 1.165) is 29.1 Å². The number of aromatic nitrogens is 4. The lowest BCUT2D eigenvalue weighted by atomic mass is 9.86. The van der Waals surface area contributed by atoms with Crippen molar-refractivity contribution < 1.29 is 13.2 Å². The van der Waals surface area contributed by atoms with E-state index < -0.39 is 9.84 Å². The molecule has 1 N–H and O–H groups in total. The first-order valence-electron chi connectivity index (χ1n) is 8.92. The molecule has 1 fully saturated rings. The minimum Gasteiger partial charge on any atom is -0.311 e. The molecule has 2 aromatic heterocycles.